The summed E-state index contributed by atoms with van der Waals surface area (Å²) in [7, 11) is 3.79. The summed E-state index contributed by atoms with van der Waals surface area (Å²) in [6.07, 6.45) is 2.71. The molecule has 0 heterocycles. The van der Waals surface area contributed by atoms with Gasteiger partial charge < -0.3 is 15.0 Å². The van der Waals surface area contributed by atoms with E-state index in [0.717, 1.165) is 50.5 Å². The molecule has 2 rings (SSSR count). The average Bonchev–Trinajstić information content (AvgIpc) is 3.43. The molecular formula is C19H32N4O. The fourth-order valence-corrected chi connectivity index (χ4v) is 2.96. The van der Waals surface area contributed by atoms with Crippen LogP contribution >= 0.6 is 0 Å². The molecule has 0 amide bonds. The van der Waals surface area contributed by atoms with Gasteiger partial charge in [0, 0.05) is 38.3 Å². The van der Waals surface area contributed by atoms with Crippen LogP contribution in [-0.2, 0) is 6.54 Å². The van der Waals surface area contributed by atoms with Crippen molar-refractivity contribution >= 4 is 5.96 Å². The Kier molecular flexibility index (Phi) is 7.37. The van der Waals surface area contributed by atoms with Crippen molar-refractivity contribution in [2.45, 2.75) is 39.3 Å². The second kappa shape index (κ2) is 9.52. The average molecular weight is 332 g/mol. The van der Waals surface area contributed by atoms with E-state index in [1.807, 2.05) is 18.2 Å². The lowest BCUT2D eigenvalue weighted by Crippen LogP contribution is -2.39. The van der Waals surface area contributed by atoms with Crippen molar-refractivity contribution in [3.8, 4) is 5.75 Å². The number of nitrogens with one attached hydrogen (secondary N) is 1. The Morgan fingerprint density at radius 1 is 1.29 bits per heavy atom. The first-order valence-corrected chi connectivity index (χ1v) is 9.05. The van der Waals surface area contributed by atoms with Crippen LogP contribution in [-0.4, -0.2) is 62.1 Å². The van der Waals surface area contributed by atoms with Crippen LogP contribution in [0.25, 0.3) is 0 Å². The highest BCUT2D eigenvalue weighted by atomic mass is 16.5. The number of ether oxygens (including phenoxy) is 1. The minimum Gasteiger partial charge on any atom is -0.496 e. The zero-order chi connectivity index (χ0) is 17.4. The molecule has 0 unspecified atom stereocenters. The first-order chi connectivity index (χ1) is 11.7. The molecule has 1 N–H and O–H groups in total. The predicted molar refractivity (Wildman–Crippen MR) is 101 cm³/mol. The van der Waals surface area contributed by atoms with Gasteiger partial charge >= 0.3 is 0 Å². The molecule has 1 aliphatic rings. The van der Waals surface area contributed by atoms with Gasteiger partial charge in [0.25, 0.3) is 0 Å². The SMILES string of the molecule is CCNC(=NCCN(CC)C1CC1)N(C)Cc1ccccc1OC. The number of para-hydroxylation sites is 1. The molecular weight excluding hydrogens is 300 g/mol. The Balaban J connectivity index is 1.95. The summed E-state index contributed by atoms with van der Waals surface area (Å²) in [4.78, 5) is 9.51. The molecule has 1 fully saturated rings. The maximum atomic E-state index is 5.45. The third-order valence-corrected chi connectivity index (χ3v) is 4.41. The van der Waals surface area contributed by atoms with Gasteiger partial charge in [-0.05, 0) is 32.4 Å². The molecule has 0 spiro atoms. The van der Waals surface area contributed by atoms with Crippen LogP contribution in [0.2, 0.25) is 0 Å². The minimum absolute atomic E-state index is 0.774. The number of methoxy groups -OCH3 is 1. The second-order valence-corrected chi connectivity index (χ2v) is 6.26. The fraction of sp³-hybridized carbons (Fsp3) is 0.632. The van der Waals surface area contributed by atoms with E-state index in [-0.39, 0.29) is 0 Å². The van der Waals surface area contributed by atoms with Gasteiger partial charge in [-0.15, -0.1) is 0 Å². The Morgan fingerprint density at radius 3 is 2.67 bits per heavy atom. The molecule has 5 nitrogen and oxygen atoms in total. The smallest absolute Gasteiger partial charge is 0.194 e. The van der Waals surface area contributed by atoms with Crippen LogP contribution in [0, 0.1) is 0 Å². The van der Waals surface area contributed by atoms with Gasteiger partial charge in [-0.2, -0.15) is 0 Å². The number of guanidine groups is 1. The first-order valence-electron chi connectivity index (χ1n) is 9.05. The monoisotopic (exact) mass is 332 g/mol. The molecule has 5 heteroatoms. The molecule has 0 aliphatic heterocycles. The molecule has 1 aromatic carbocycles. The molecule has 1 aliphatic carbocycles. The largest absolute Gasteiger partial charge is 0.496 e. The fourth-order valence-electron chi connectivity index (χ4n) is 2.96. The standard InChI is InChI=1S/C19H32N4O/c1-5-20-19(21-13-14-23(6-2)17-11-12-17)22(3)15-16-9-7-8-10-18(16)24-4/h7-10,17H,5-6,11-15H2,1-4H3,(H,20,21). The number of nitrogens with zero attached hydrogens (tertiary/aromatic N) is 3. The Morgan fingerprint density at radius 2 is 2.04 bits per heavy atom. The van der Waals surface area contributed by atoms with E-state index in [4.69, 9.17) is 9.73 Å². The first kappa shape index (κ1) is 18.6. The van der Waals surface area contributed by atoms with Gasteiger partial charge in [0.1, 0.15) is 5.75 Å². The molecule has 24 heavy (non-hydrogen) atoms. The number of benzene rings is 1. The van der Waals surface area contributed by atoms with Gasteiger partial charge in [0.05, 0.1) is 13.7 Å². The predicted octanol–water partition coefficient (Wildman–Crippen LogP) is 2.58. The molecule has 0 radical (unpaired) electrons. The molecule has 1 saturated carbocycles. The van der Waals surface area contributed by atoms with E-state index in [1.54, 1.807) is 7.11 Å². The summed E-state index contributed by atoms with van der Waals surface area (Å²) in [5, 5.41) is 3.39. The Bertz CT molecular complexity index is 528. The van der Waals surface area contributed by atoms with Crippen molar-refractivity contribution < 1.29 is 4.74 Å². The highest BCUT2D eigenvalue weighted by Crippen LogP contribution is 2.26. The van der Waals surface area contributed by atoms with E-state index >= 15 is 0 Å². The molecule has 134 valence electrons. The van der Waals surface area contributed by atoms with Gasteiger partial charge in [-0.25, -0.2) is 0 Å². The molecule has 0 saturated heterocycles. The quantitative estimate of drug-likeness (QED) is 0.557. The van der Waals surface area contributed by atoms with Gasteiger partial charge in [0.15, 0.2) is 5.96 Å². The number of likely N-dealkylation sites (N-methyl/N-ethyl adjacent to an activating group) is 1. The van der Waals surface area contributed by atoms with Crippen LogP contribution in [0.5, 0.6) is 5.75 Å². The number of aliphatic imine (C=N–C) groups is 1. The van der Waals surface area contributed by atoms with Gasteiger partial charge in [0.2, 0.25) is 0 Å². The third kappa shape index (κ3) is 5.41. The lowest BCUT2D eigenvalue weighted by molar-refractivity contribution is 0.285. The minimum atomic E-state index is 0.774. The zero-order valence-electron chi connectivity index (χ0n) is 15.6. The second-order valence-electron chi connectivity index (χ2n) is 6.26. The Hall–Kier alpha value is -1.75. The van der Waals surface area contributed by atoms with E-state index in [0.29, 0.717) is 0 Å². The van der Waals surface area contributed by atoms with Crippen molar-refractivity contribution in [2.24, 2.45) is 4.99 Å². The molecule has 1 aromatic rings. The van der Waals surface area contributed by atoms with Crippen molar-refractivity contribution in [1.82, 2.24) is 15.1 Å². The third-order valence-electron chi connectivity index (χ3n) is 4.41. The van der Waals surface area contributed by atoms with E-state index in [1.165, 1.54) is 18.4 Å². The van der Waals surface area contributed by atoms with Crippen molar-refractivity contribution in [1.29, 1.82) is 0 Å². The highest BCUT2D eigenvalue weighted by molar-refractivity contribution is 5.79. The number of hydrogen-bond acceptors (Lipinski definition) is 3. The van der Waals surface area contributed by atoms with Crippen molar-refractivity contribution in [2.75, 3.05) is 40.3 Å². The lowest BCUT2D eigenvalue weighted by Gasteiger charge is -2.24. The maximum absolute atomic E-state index is 5.45. The lowest BCUT2D eigenvalue weighted by atomic mass is 10.2. The zero-order valence-corrected chi connectivity index (χ0v) is 15.6. The summed E-state index contributed by atoms with van der Waals surface area (Å²) in [6, 6.07) is 8.95. The summed E-state index contributed by atoms with van der Waals surface area (Å²) in [5.74, 6) is 1.88. The maximum Gasteiger partial charge on any atom is 0.194 e. The van der Waals surface area contributed by atoms with Crippen molar-refractivity contribution in [3.63, 3.8) is 0 Å². The summed E-state index contributed by atoms with van der Waals surface area (Å²) in [6.45, 7) is 8.98. The van der Waals surface area contributed by atoms with E-state index in [9.17, 15) is 0 Å². The van der Waals surface area contributed by atoms with Crippen LogP contribution in [0.4, 0.5) is 0 Å². The molecule has 0 atom stereocenters. The number of rotatable bonds is 9. The normalized spacial score (nSPS) is 14.8. The number of hydrogen-bond donors (Lipinski definition) is 1. The molecule has 0 aromatic heterocycles. The van der Waals surface area contributed by atoms with Gasteiger partial charge in [-0.3, -0.25) is 9.89 Å². The topological polar surface area (TPSA) is 40.1 Å². The summed E-state index contributed by atoms with van der Waals surface area (Å²) >= 11 is 0. The summed E-state index contributed by atoms with van der Waals surface area (Å²) < 4.78 is 5.45. The van der Waals surface area contributed by atoms with E-state index < -0.39 is 0 Å². The van der Waals surface area contributed by atoms with Crippen LogP contribution in [0.3, 0.4) is 0 Å². The summed E-state index contributed by atoms with van der Waals surface area (Å²) in [5.41, 5.74) is 1.17. The van der Waals surface area contributed by atoms with Crippen LogP contribution in [0.15, 0.2) is 29.3 Å². The van der Waals surface area contributed by atoms with Crippen LogP contribution in [0.1, 0.15) is 32.3 Å². The molecule has 0 bridgehead atoms. The van der Waals surface area contributed by atoms with E-state index in [2.05, 4.69) is 42.1 Å². The highest BCUT2D eigenvalue weighted by Gasteiger charge is 2.27. The van der Waals surface area contributed by atoms with Gasteiger partial charge in [-0.1, -0.05) is 25.1 Å². The Labute approximate surface area is 146 Å². The van der Waals surface area contributed by atoms with Crippen LogP contribution < -0.4 is 10.1 Å². The van der Waals surface area contributed by atoms with Crippen molar-refractivity contribution in [3.05, 3.63) is 29.8 Å².